The summed E-state index contributed by atoms with van der Waals surface area (Å²) in [6, 6.07) is 4.63. The van der Waals surface area contributed by atoms with E-state index in [9.17, 15) is 21.6 Å². The van der Waals surface area contributed by atoms with Crippen molar-refractivity contribution in [3.8, 4) is 0 Å². The summed E-state index contributed by atoms with van der Waals surface area (Å²) >= 11 is 0. The third-order valence-corrected chi connectivity index (χ3v) is 4.90. The zero-order valence-corrected chi connectivity index (χ0v) is 12.8. The van der Waals surface area contributed by atoms with Crippen molar-refractivity contribution in [1.29, 1.82) is 0 Å². The van der Waals surface area contributed by atoms with Crippen molar-refractivity contribution >= 4 is 16.1 Å². The molecule has 0 spiro atoms. The lowest BCUT2D eigenvalue weighted by Crippen LogP contribution is -2.39. The van der Waals surface area contributed by atoms with Crippen molar-refractivity contribution < 1.29 is 21.6 Å². The molecule has 0 fully saturated rings. The van der Waals surface area contributed by atoms with Crippen LogP contribution in [0.1, 0.15) is 31.9 Å². The Morgan fingerprint density at radius 2 is 1.62 bits per heavy atom. The molecule has 0 heterocycles. The fourth-order valence-electron chi connectivity index (χ4n) is 1.35. The second-order valence-corrected chi connectivity index (χ2v) is 8.01. The largest absolute Gasteiger partial charge is 0.416 e. The molecule has 0 amide bonds. The lowest BCUT2D eigenvalue weighted by Gasteiger charge is -2.18. The van der Waals surface area contributed by atoms with Crippen LogP contribution in [-0.2, 0) is 16.2 Å². The fourth-order valence-corrected chi connectivity index (χ4v) is 2.10. The second kappa shape index (κ2) is 6.19. The Morgan fingerprint density at radius 1 is 1.10 bits per heavy atom. The number of halogens is 3. The van der Waals surface area contributed by atoms with Gasteiger partial charge in [-0.25, -0.2) is 13.1 Å². The molecule has 0 aliphatic heterocycles. The quantitative estimate of drug-likeness (QED) is 0.923. The molecule has 0 radical (unpaired) electrons. The summed E-state index contributed by atoms with van der Waals surface area (Å²) in [5, 5.41) is 0. The van der Waals surface area contributed by atoms with Gasteiger partial charge in [0.15, 0.2) is 0 Å². The average molecular weight is 321 g/mol. The van der Waals surface area contributed by atoms with E-state index in [2.05, 4.69) is 4.72 Å². The molecule has 0 unspecified atom stereocenters. The van der Waals surface area contributed by atoms with Gasteiger partial charge in [-0.05, 0) is 38.5 Å². The first-order chi connectivity index (χ1) is 9.43. The third-order valence-electron chi connectivity index (χ3n) is 2.75. The predicted molar refractivity (Wildman–Crippen MR) is 77.2 cm³/mol. The summed E-state index contributed by atoms with van der Waals surface area (Å²) in [5.74, 6) is 0. The molecule has 0 aliphatic rings. The number of hydrogen-bond acceptors (Lipinski definition) is 2. The van der Waals surface area contributed by atoms with Crippen molar-refractivity contribution in [1.82, 2.24) is 4.72 Å². The summed E-state index contributed by atoms with van der Waals surface area (Å²) in [7, 11) is -3.43. The van der Waals surface area contributed by atoms with Gasteiger partial charge in [-0.3, -0.25) is 0 Å². The van der Waals surface area contributed by atoms with Gasteiger partial charge in [0.2, 0.25) is 10.0 Å². The molecule has 21 heavy (non-hydrogen) atoms. The molecule has 1 rings (SSSR count). The first-order valence-corrected chi connectivity index (χ1v) is 7.75. The van der Waals surface area contributed by atoms with Gasteiger partial charge in [0, 0.05) is 6.54 Å². The molecule has 1 aromatic rings. The van der Waals surface area contributed by atoms with Crippen molar-refractivity contribution in [3.63, 3.8) is 0 Å². The first-order valence-electron chi connectivity index (χ1n) is 6.26. The Bertz CT molecular complexity index is 597. The van der Waals surface area contributed by atoms with E-state index in [1.807, 2.05) is 0 Å². The minimum Gasteiger partial charge on any atom is -0.212 e. The topological polar surface area (TPSA) is 46.2 Å². The van der Waals surface area contributed by atoms with E-state index >= 15 is 0 Å². The summed E-state index contributed by atoms with van der Waals surface area (Å²) < 4.78 is 62.1. The first kappa shape index (κ1) is 17.7. The zero-order valence-electron chi connectivity index (χ0n) is 12.0. The molecule has 0 bridgehead atoms. The van der Waals surface area contributed by atoms with Crippen LogP contribution in [0.25, 0.3) is 6.08 Å². The lowest BCUT2D eigenvalue weighted by atomic mass is 10.1. The smallest absolute Gasteiger partial charge is 0.212 e. The SMILES string of the molecule is CC(C)(C)S(=O)(=O)NC/C=C/c1ccc(C(F)(F)F)cc1. The van der Waals surface area contributed by atoms with Gasteiger partial charge in [0.05, 0.1) is 10.3 Å². The van der Waals surface area contributed by atoms with E-state index in [1.54, 1.807) is 32.9 Å². The van der Waals surface area contributed by atoms with Gasteiger partial charge in [-0.15, -0.1) is 0 Å². The highest BCUT2D eigenvalue weighted by Gasteiger charge is 2.30. The van der Waals surface area contributed by atoms with Crippen LogP contribution in [0, 0.1) is 0 Å². The van der Waals surface area contributed by atoms with Gasteiger partial charge in [0.1, 0.15) is 0 Å². The number of nitrogens with one attached hydrogen (secondary N) is 1. The van der Waals surface area contributed by atoms with E-state index in [0.29, 0.717) is 5.56 Å². The molecule has 118 valence electrons. The predicted octanol–water partition coefficient (Wildman–Crippen LogP) is 3.44. The van der Waals surface area contributed by atoms with E-state index in [1.165, 1.54) is 12.1 Å². The Balaban J connectivity index is 2.63. The third kappa shape index (κ3) is 5.17. The molecule has 1 aromatic carbocycles. The van der Waals surface area contributed by atoms with Crippen molar-refractivity contribution in [3.05, 3.63) is 41.5 Å². The lowest BCUT2D eigenvalue weighted by molar-refractivity contribution is -0.137. The van der Waals surface area contributed by atoms with Crippen molar-refractivity contribution in [2.24, 2.45) is 0 Å². The molecule has 0 saturated heterocycles. The molecule has 0 aliphatic carbocycles. The van der Waals surface area contributed by atoms with Gasteiger partial charge in [-0.1, -0.05) is 24.3 Å². The van der Waals surface area contributed by atoms with Crippen LogP contribution in [-0.4, -0.2) is 19.7 Å². The minimum absolute atomic E-state index is 0.0840. The van der Waals surface area contributed by atoms with Crippen LogP contribution < -0.4 is 4.72 Å². The van der Waals surface area contributed by atoms with Gasteiger partial charge in [0.25, 0.3) is 0 Å². The molecule has 7 heteroatoms. The number of rotatable bonds is 4. The molecular formula is C14H18F3NO2S. The summed E-state index contributed by atoms with van der Waals surface area (Å²) in [4.78, 5) is 0. The average Bonchev–Trinajstić information content (AvgIpc) is 2.33. The van der Waals surface area contributed by atoms with Crippen LogP contribution in [0.2, 0.25) is 0 Å². The van der Waals surface area contributed by atoms with Gasteiger partial charge < -0.3 is 0 Å². The van der Waals surface area contributed by atoms with E-state index in [-0.39, 0.29) is 6.54 Å². The highest BCUT2D eigenvalue weighted by molar-refractivity contribution is 7.90. The normalized spacial score (nSPS) is 13.8. The number of alkyl halides is 3. The summed E-state index contributed by atoms with van der Waals surface area (Å²) in [6.45, 7) is 4.82. The Kier molecular flexibility index (Phi) is 5.22. The molecule has 0 aromatic heterocycles. The molecule has 0 atom stereocenters. The number of benzene rings is 1. The maximum atomic E-state index is 12.4. The Labute approximate surface area is 122 Å². The maximum Gasteiger partial charge on any atom is 0.416 e. The molecule has 1 N–H and O–H groups in total. The Morgan fingerprint density at radius 3 is 2.05 bits per heavy atom. The van der Waals surface area contributed by atoms with Gasteiger partial charge in [-0.2, -0.15) is 13.2 Å². The van der Waals surface area contributed by atoms with Crippen LogP contribution >= 0.6 is 0 Å². The monoisotopic (exact) mass is 321 g/mol. The standard InChI is InChI=1S/C14H18F3NO2S/c1-13(2,3)21(19,20)18-10-4-5-11-6-8-12(9-7-11)14(15,16)17/h4-9,18H,10H2,1-3H3/b5-4+. The summed E-state index contributed by atoms with van der Waals surface area (Å²) in [5.41, 5.74) is -0.147. The fraction of sp³-hybridized carbons (Fsp3) is 0.429. The van der Waals surface area contributed by atoms with Gasteiger partial charge >= 0.3 is 6.18 Å². The van der Waals surface area contributed by atoms with Crippen LogP contribution in [0.3, 0.4) is 0 Å². The van der Waals surface area contributed by atoms with Crippen LogP contribution in [0.4, 0.5) is 13.2 Å². The number of sulfonamides is 1. The molecule has 3 nitrogen and oxygen atoms in total. The maximum absolute atomic E-state index is 12.4. The highest BCUT2D eigenvalue weighted by atomic mass is 32.2. The van der Waals surface area contributed by atoms with Crippen LogP contribution in [0.5, 0.6) is 0 Å². The molecule has 0 saturated carbocycles. The second-order valence-electron chi connectivity index (χ2n) is 5.49. The minimum atomic E-state index is -4.36. The molecular weight excluding hydrogens is 303 g/mol. The number of hydrogen-bond donors (Lipinski definition) is 1. The van der Waals surface area contributed by atoms with E-state index < -0.39 is 26.5 Å². The van der Waals surface area contributed by atoms with E-state index in [0.717, 1.165) is 12.1 Å². The van der Waals surface area contributed by atoms with Crippen molar-refractivity contribution in [2.45, 2.75) is 31.7 Å². The van der Waals surface area contributed by atoms with Crippen LogP contribution in [0.15, 0.2) is 30.3 Å². The van der Waals surface area contributed by atoms with E-state index in [4.69, 9.17) is 0 Å². The zero-order chi connectivity index (χ0) is 16.3. The highest BCUT2D eigenvalue weighted by Crippen LogP contribution is 2.29. The van der Waals surface area contributed by atoms with Crippen molar-refractivity contribution in [2.75, 3.05) is 6.54 Å². The Hall–Kier alpha value is -1.34. The summed E-state index contributed by atoms with van der Waals surface area (Å²) in [6.07, 6.45) is -1.25.